The second-order valence-corrected chi connectivity index (χ2v) is 4.05. The first-order chi connectivity index (χ1) is 9.10. The highest BCUT2D eigenvalue weighted by Crippen LogP contribution is 2.20. The zero-order valence-corrected chi connectivity index (χ0v) is 10.7. The summed E-state index contributed by atoms with van der Waals surface area (Å²) in [6, 6.07) is 8.68. The Balaban J connectivity index is 2.18. The van der Waals surface area contributed by atoms with Gasteiger partial charge in [-0.3, -0.25) is 0 Å². The fourth-order valence-corrected chi connectivity index (χ4v) is 1.72. The van der Waals surface area contributed by atoms with Crippen molar-refractivity contribution in [3.05, 3.63) is 47.7 Å². The van der Waals surface area contributed by atoms with Crippen LogP contribution in [0.4, 0.5) is 11.4 Å². The number of hydrogen-bond donors (Lipinski definition) is 2. The molecule has 98 valence electrons. The smallest absolute Gasteiger partial charge is 0.335 e. The summed E-state index contributed by atoms with van der Waals surface area (Å²) < 4.78 is 4.98. The molecule has 19 heavy (non-hydrogen) atoms. The van der Waals surface area contributed by atoms with Gasteiger partial charge in [0.25, 0.3) is 0 Å². The number of carboxylic acids is 1. The summed E-state index contributed by atoms with van der Waals surface area (Å²) in [5.41, 5.74) is 2.63. The van der Waals surface area contributed by atoms with Gasteiger partial charge in [-0.05, 0) is 36.8 Å². The molecule has 0 saturated carbocycles. The number of hydrogen-bond acceptors (Lipinski definition) is 4. The standard InChI is InChI=1S/C14H14N2O3/c1-9-7-10(3-5-12(9)14(17)18)16-11-4-6-13(19-2)15-8-11/h3-8,16H,1-2H3,(H,17,18). The SMILES string of the molecule is COc1ccc(Nc2ccc(C(=O)O)c(C)c2)cn1. The summed E-state index contributed by atoms with van der Waals surface area (Å²) in [6.07, 6.45) is 1.65. The summed E-state index contributed by atoms with van der Waals surface area (Å²) in [7, 11) is 1.56. The third kappa shape index (κ3) is 3.01. The van der Waals surface area contributed by atoms with Crippen molar-refractivity contribution in [1.82, 2.24) is 4.98 Å². The molecular formula is C14H14N2O3. The molecule has 0 aliphatic rings. The molecule has 0 bridgehead atoms. The number of rotatable bonds is 4. The average molecular weight is 258 g/mol. The largest absolute Gasteiger partial charge is 0.481 e. The van der Waals surface area contributed by atoms with Crippen LogP contribution in [0.5, 0.6) is 5.88 Å². The fraction of sp³-hybridized carbons (Fsp3) is 0.143. The van der Waals surface area contributed by atoms with Crippen molar-refractivity contribution in [2.24, 2.45) is 0 Å². The Hall–Kier alpha value is -2.56. The molecule has 0 aliphatic heterocycles. The van der Waals surface area contributed by atoms with Gasteiger partial charge < -0.3 is 15.2 Å². The molecule has 0 amide bonds. The predicted octanol–water partition coefficient (Wildman–Crippen LogP) is 2.84. The number of anilines is 2. The lowest BCUT2D eigenvalue weighted by Crippen LogP contribution is -2.00. The summed E-state index contributed by atoms with van der Waals surface area (Å²) >= 11 is 0. The normalized spacial score (nSPS) is 10.0. The Bertz CT molecular complexity index is 594. The van der Waals surface area contributed by atoms with Gasteiger partial charge in [0.05, 0.1) is 24.6 Å². The van der Waals surface area contributed by atoms with E-state index in [1.54, 1.807) is 44.5 Å². The topological polar surface area (TPSA) is 71.5 Å². The molecule has 0 radical (unpaired) electrons. The molecule has 0 aliphatic carbocycles. The number of aryl methyl sites for hydroxylation is 1. The lowest BCUT2D eigenvalue weighted by Gasteiger charge is -2.09. The molecule has 1 aromatic heterocycles. The van der Waals surface area contributed by atoms with E-state index in [2.05, 4.69) is 10.3 Å². The lowest BCUT2D eigenvalue weighted by molar-refractivity contribution is 0.0696. The highest BCUT2D eigenvalue weighted by atomic mass is 16.5. The molecule has 0 spiro atoms. The number of methoxy groups -OCH3 is 1. The minimum absolute atomic E-state index is 0.304. The van der Waals surface area contributed by atoms with Gasteiger partial charge in [0.15, 0.2) is 0 Å². The maximum Gasteiger partial charge on any atom is 0.335 e. The Morgan fingerprint density at radius 1 is 1.26 bits per heavy atom. The van der Waals surface area contributed by atoms with E-state index in [9.17, 15) is 4.79 Å². The Morgan fingerprint density at radius 3 is 2.53 bits per heavy atom. The molecule has 2 aromatic rings. The third-order valence-electron chi connectivity index (χ3n) is 2.69. The van der Waals surface area contributed by atoms with Crippen LogP contribution in [0.15, 0.2) is 36.5 Å². The average Bonchev–Trinajstić information content (AvgIpc) is 2.39. The number of aromatic carboxylic acids is 1. The minimum Gasteiger partial charge on any atom is -0.481 e. The van der Waals surface area contributed by atoms with E-state index in [0.29, 0.717) is 17.0 Å². The maximum atomic E-state index is 10.9. The zero-order valence-electron chi connectivity index (χ0n) is 10.7. The van der Waals surface area contributed by atoms with Crippen molar-refractivity contribution in [2.45, 2.75) is 6.92 Å². The van der Waals surface area contributed by atoms with Crippen LogP contribution in [0.25, 0.3) is 0 Å². The number of nitrogens with zero attached hydrogens (tertiary/aromatic N) is 1. The van der Waals surface area contributed by atoms with E-state index in [1.807, 2.05) is 6.07 Å². The van der Waals surface area contributed by atoms with Crippen LogP contribution in [0, 0.1) is 6.92 Å². The highest BCUT2D eigenvalue weighted by molar-refractivity contribution is 5.90. The summed E-state index contributed by atoms with van der Waals surface area (Å²) in [6.45, 7) is 1.76. The molecule has 2 N–H and O–H groups in total. The highest BCUT2D eigenvalue weighted by Gasteiger charge is 2.07. The molecule has 5 nitrogen and oxygen atoms in total. The van der Waals surface area contributed by atoms with Crippen molar-refractivity contribution in [2.75, 3.05) is 12.4 Å². The molecule has 0 fully saturated rings. The van der Waals surface area contributed by atoms with Crippen molar-refractivity contribution < 1.29 is 14.6 Å². The molecule has 2 rings (SSSR count). The van der Waals surface area contributed by atoms with Gasteiger partial charge in [-0.25, -0.2) is 9.78 Å². The number of nitrogens with one attached hydrogen (secondary N) is 1. The Kier molecular flexibility index (Phi) is 3.66. The van der Waals surface area contributed by atoms with E-state index in [0.717, 1.165) is 11.4 Å². The minimum atomic E-state index is -0.921. The van der Waals surface area contributed by atoms with Gasteiger partial charge in [0.2, 0.25) is 5.88 Å². The summed E-state index contributed by atoms with van der Waals surface area (Å²) in [4.78, 5) is 15.0. The summed E-state index contributed by atoms with van der Waals surface area (Å²) in [5, 5.41) is 12.1. The van der Waals surface area contributed by atoms with E-state index in [1.165, 1.54) is 0 Å². The van der Waals surface area contributed by atoms with Crippen LogP contribution < -0.4 is 10.1 Å². The third-order valence-corrected chi connectivity index (χ3v) is 2.69. The lowest BCUT2D eigenvalue weighted by atomic mass is 10.1. The van der Waals surface area contributed by atoms with Crippen LogP contribution in [0.1, 0.15) is 15.9 Å². The van der Waals surface area contributed by atoms with Crippen LogP contribution in [-0.2, 0) is 0 Å². The fourth-order valence-electron chi connectivity index (χ4n) is 1.72. The number of benzene rings is 1. The molecule has 0 saturated heterocycles. The first-order valence-electron chi connectivity index (χ1n) is 5.71. The zero-order chi connectivity index (χ0) is 13.8. The first kappa shape index (κ1) is 12.9. The second-order valence-electron chi connectivity index (χ2n) is 4.05. The van der Waals surface area contributed by atoms with Crippen molar-refractivity contribution in [3.63, 3.8) is 0 Å². The van der Waals surface area contributed by atoms with Crippen LogP contribution in [0.2, 0.25) is 0 Å². The van der Waals surface area contributed by atoms with E-state index >= 15 is 0 Å². The van der Waals surface area contributed by atoms with E-state index in [4.69, 9.17) is 9.84 Å². The predicted molar refractivity (Wildman–Crippen MR) is 72.2 cm³/mol. The van der Waals surface area contributed by atoms with Gasteiger partial charge in [0, 0.05) is 11.8 Å². The molecule has 0 unspecified atom stereocenters. The van der Waals surface area contributed by atoms with Gasteiger partial charge in [-0.15, -0.1) is 0 Å². The van der Waals surface area contributed by atoms with E-state index < -0.39 is 5.97 Å². The molecule has 0 atom stereocenters. The van der Waals surface area contributed by atoms with Crippen LogP contribution >= 0.6 is 0 Å². The molecule has 1 heterocycles. The number of carbonyl (C=O) groups is 1. The first-order valence-corrected chi connectivity index (χ1v) is 5.71. The number of carboxylic acid groups (broad SMARTS) is 1. The van der Waals surface area contributed by atoms with Gasteiger partial charge in [-0.1, -0.05) is 0 Å². The molecule has 5 heteroatoms. The van der Waals surface area contributed by atoms with Crippen LogP contribution in [-0.4, -0.2) is 23.2 Å². The summed E-state index contributed by atoms with van der Waals surface area (Å²) in [5.74, 6) is -0.377. The van der Waals surface area contributed by atoms with Crippen molar-refractivity contribution in [1.29, 1.82) is 0 Å². The van der Waals surface area contributed by atoms with Gasteiger partial charge in [0.1, 0.15) is 0 Å². The quantitative estimate of drug-likeness (QED) is 0.882. The number of pyridine rings is 1. The second kappa shape index (κ2) is 5.39. The molecular weight excluding hydrogens is 244 g/mol. The Labute approximate surface area is 110 Å². The number of aromatic nitrogens is 1. The van der Waals surface area contributed by atoms with Gasteiger partial charge in [-0.2, -0.15) is 0 Å². The van der Waals surface area contributed by atoms with Crippen LogP contribution in [0.3, 0.4) is 0 Å². The van der Waals surface area contributed by atoms with Crippen molar-refractivity contribution in [3.8, 4) is 5.88 Å². The molecule has 1 aromatic carbocycles. The van der Waals surface area contributed by atoms with Gasteiger partial charge >= 0.3 is 5.97 Å². The monoisotopic (exact) mass is 258 g/mol. The number of ether oxygens (including phenoxy) is 1. The van der Waals surface area contributed by atoms with E-state index in [-0.39, 0.29) is 0 Å². The van der Waals surface area contributed by atoms with Crippen molar-refractivity contribution >= 4 is 17.3 Å². The Morgan fingerprint density at radius 2 is 2.00 bits per heavy atom. The maximum absolute atomic E-state index is 10.9.